The van der Waals surface area contributed by atoms with Crippen LogP contribution in [0.4, 0.5) is 0 Å². The normalized spacial score (nSPS) is 15.6. The first-order valence-corrected chi connectivity index (χ1v) is 9.40. The summed E-state index contributed by atoms with van der Waals surface area (Å²) in [6.45, 7) is 0. The van der Waals surface area contributed by atoms with E-state index in [1.54, 1.807) is 18.2 Å². The number of hydrogen-bond donors (Lipinski definition) is 2. The van der Waals surface area contributed by atoms with E-state index in [1.807, 2.05) is 30.3 Å². The topological polar surface area (TPSA) is 97.0 Å². The number of hydrogen-bond acceptors (Lipinski definition) is 6. The Hall–Kier alpha value is -4.06. The van der Waals surface area contributed by atoms with Crippen LogP contribution in [-0.4, -0.2) is 16.2 Å². The standard InChI is InChI=1S/C24H16O6/c25-15-8-4-7-14(9-15)16-10-21(28)29-20-12-18(27)23-17(26)11-19(30-24(23)22(16)20)13-5-2-1-3-6-13/h1-9,11-12,16,25,27H,10H2/t16-/m1/s1. The second-order valence-electron chi connectivity index (χ2n) is 7.18. The Kier molecular flexibility index (Phi) is 4.06. The molecule has 0 saturated heterocycles. The van der Waals surface area contributed by atoms with Crippen LogP contribution in [0.25, 0.3) is 22.3 Å². The number of aromatic hydroxyl groups is 2. The molecule has 30 heavy (non-hydrogen) atoms. The Morgan fingerprint density at radius 2 is 1.70 bits per heavy atom. The van der Waals surface area contributed by atoms with Gasteiger partial charge in [-0.2, -0.15) is 0 Å². The summed E-state index contributed by atoms with van der Waals surface area (Å²) < 4.78 is 11.5. The van der Waals surface area contributed by atoms with Gasteiger partial charge in [-0.3, -0.25) is 9.59 Å². The maximum atomic E-state index is 12.9. The number of phenols is 2. The van der Waals surface area contributed by atoms with Crippen molar-refractivity contribution in [3.63, 3.8) is 0 Å². The highest BCUT2D eigenvalue weighted by atomic mass is 16.5. The van der Waals surface area contributed by atoms with E-state index >= 15 is 0 Å². The molecule has 0 saturated carbocycles. The van der Waals surface area contributed by atoms with E-state index in [0.717, 1.165) is 0 Å². The Morgan fingerprint density at radius 1 is 0.900 bits per heavy atom. The smallest absolute Gasteiger partial charge is 0.312 e. The van der Waals surface area contributed by atoms with Crippen molar-refractivity contribution in [2.24, 2.45) is 0 Å². The van der Waals surface area contributed by atoms with Crippen molar-refractivity contribution in [3.8, 4) is 28.6 Å². The lowest BCUT2D eigenvalue weighted by molar-refractivity contribution is -0.135. The van der Waals surface area contributed by atoms with E-state index in [0.29, 0.717) is 22.5 Å². The molecule has 0 bridgehead atoms. The Balaban J connectivity index is 1.84. The summed E-state index contributed by atoms with van der Waals surface area (Å²) in [5.41, 5.74) is 1.63. The Bertz CT molecular complexity index is 1350. The molecule has 4 aromatic rings. The SMILES string of the molecule is O=C1C[C@H](c2cccc(O)c2)c2c(cc(O)c3c(=O)cc(-c4ccccc4)oc23)O1. The van der Waals surface area contributed by atoms with Gasteiger partial charge in [0.05, 0.1) is 6.42 Å². The molecule has 1 aliphatic rings. The average Bonchev–Trinajstić information content (AvgIpc) is 2.73. The second-order valence-corrected chi connectivity index (χ2v) is 7.18. The lowest BCUT2D eigenvalue weighted by Crippen LogP contribution is -2.22. The van der Waals surface area contributed by atoms with Gasteiger partial charge in [0.1, 0.15) is 34.0 Å². The molecule has 2 N–H and O–H groups in total. The molecule has 0 aliphatic carbocycles. The van der Waals surface area contributed by atoms with Crippen LogP contribution in [0.15, 0.2) is 75.9 Å². The highest BCUT2D eigenvalue weighted by Gasteiger charge is 2.33. The number of rotatable bonds is 2. The van der Waals surface area contributed by atoms with Gasteiger partial charge in [-0.1, -0.05) is 42.5 Å². The van der Waals surface area contributed by atoms with Gasteiger partial charge in [0.25, 0.3) is 0 Å². The summed E-state index contributed by atoms with van der Waals surface area (Å²) in [6.07, 6.45) is 0.00953. The summed E-state index contributed by atoms with van der Waals surface area (Å²) in [4.78, 5) is 25.1. The minimum atomic E-state index is -0.509. The maximum absolute atomic E-state index is 12.9. The molecule has 2 heterocycles. The molecule has 1 aromatic heterocycles. The fraction of sp³-hybridized carbons (Fsp3) is 0.0833. The lowest BCUT2D eigenvalue weighted by atomic mass is 9.85. The van der Waals surface area contributed by atoms with Gasteiger partial charge in [0.15, 0.2) is 5.43 Å². The molecule has 0 fully saturated rings. The van der Waals surface area contributed by atoms with E-state index in [2.05, 4.69) is 0 Å². The van der Waals surface area contributed by atoms with Crippen molar-refractivity contribution < 1.29 is 24.2 Å². The predicted molar refractivity (Wildman–Crippen MR) is 110 cm³/mol. The van der Waals surface area contributed by atoms with E-state index in [9.17, 15) is 19.8 Å². The zero-order valence-electron chi connectivity index (χ0n) is 15.7. The highest BCUT2D eigenvalue weighted by Crippen LogP contribution is 2.46. The molecule has 6 nitrogen and oxygen atoms in total. The van der Waals surface area contributed by atoms with Gasteiger partial charge in [-0.15, -0.1) is 0 Å². The highest BCUT2D eigenvalue weighted by molar-refractivity contribution is 5.93. The zero-order valence-corrected chi connectivity index (χ0v) is 15.7. The van der Waals surface area contributed by atoms with Gasteiger partial charge in [0, 0.05) is 29.2 Å². The zero-order chi connectivity index (χ0) is 20.8. The monoisotopic (exact) mass is 400 g/mol. The van der Waals surface area contributed by atoms with Crippen molar-refractivity contribution in [3.05, 3.63) is 88.1 Å². The number of phenolic OH excluding ortho intramolecular Hbond substituents is 2. The van der Waals surface area contributed by atoms with Crippen LogP contribution >= 0.6 is 0 Å². The van der Waals surface area contributed by atoms with Crippen LogP contribution in [0.5, 0.6) is 17.2 Å². The van der Waals surface area contributed by atoms with Crippen LogP contribution in [0, 0.1) is 0 Å². The first-order chi connectivity index (χ1) is 14.5. The third-order valence-corrected chi connectivity index (χ3v) is 5.26. The lowest BCUT2D eigenvalue weighted by Gasteiger charge is -2.26. The molecule has 0 amide bonds. The van der Waals surface area contributed by atoms with Gasteiger partial charge >= 0.3 is 5.97 Å². The number of carbonyl (C=O) groups is 1. The molecule has 1 atom stereocenters. The molecule has 0 radical (unpaired) electrons. The van der Waals surface area contributed by atoms with Gasteiger partial charge in [-0.05, 0) is 17.7 Å². The fourth-order valence-corrected chi connectivity index (χ4v) is 3.93. The molecule has 3 aromatic carbocycles. The maximum Gasteiger partial charge on any atom is 0.312 e. The van der Waals surface area contributed by atoms with Crippen molar-refractivity contribution in [1.82, 2.24) is 0 Å². The minimum Gasteiger partial charge on any atom is -0.508 e. The van der Waals surface area contributed by atoms with Crippen LogP contribution in [0.3, 0.4) is 0 Å². The van der Waals surface area contributed by atoms with Crippen LogP contribution < -0.4 is 10.2 Å². The van der Waals surface area contributed by atoms with Gasteiger partial charge in [0.2, 0.25) is 0 Å². The molecule has 1 aliphatic heterocycles. The van der Waals surface area contributed by atoms with Crippen molar-refractivity contribution in [1.29, 1.82) is 0 Å². The van der Waals surface area contributed by atoms with E-state index in [4.69, 9.17) is 9.15 Å². The van der Waals surface area contributed by atoms with Crippen LogP contribution in [-0.2, 0) is 4.79 Å². The number of fused-ring (bicyclic) bond motifs is 3. The number of carbonyl (C=O) groups excluding carboxylic acids is 1. The molecule has 5 rings (SSSR count). The largest absolute Gasteiger partial charge is 0.508 e. The number of ether oxygens (including phenoxy) is 1. The average molecular weight is 400 g/mol. The summed E-state index contributed by atoms with van der Waals surface area (Å²) in [7, 11) is 0. The number of esters is 1. The van der Waals surface area contributed by atoms with Crippen molar-refractivity contribution >= 4 is 16.9 Å². The Labute approximate surface area is 170 Å². The fourth-order valence-electron chi connectivity index (χ4n) is 3.93. The molecule has 6 heteroatoms. The van der Waals surface area contributed by atoms with E-state index < -0.39 is 17.3 Å². The summed E-state index contributed by atoms with van der Waals surface area (Å²) in [6, 6.07) is 18.3. The third-order valence-electron chi connectivity index (χ3n) is 5.26. The van der Waals surface area contributed by atoms with E-state index in [-0.39, 0.29) is 34.6 Å². The third kappa shape index (κ3) is 2.90. The molecule has 0 unspecified atom stereocenters. The molecule has 0 spiro atoms. The number of benzene rings is 3. The van der Waals surface area contributed by atoms with E-state index in [1.165, 1.54) is 18.2 Å². The molecule has 148 valence electrons. The van der Waals surface area contributed by atoms with Crippen LogP contribution in [0.2, 0.25) is 0 Å². The summed E-state index contributed by atoms with van der Waals surface area (Å²) >= 11 is 0. The second kappa shape index (κ2) is 6.77. The minimum absolute atomic E-state index is 0.00953. The van der Waals surface area contributed by atoms with Crippen molar-refractivity contribution in [2.45, 2.75) is 12.3 Å². The summed E-state index contributed by atoms with van der Waals surface area (Å²) in [5, 5.41) is 20.4. The van der Waals surface area contributed by atoms with Crippen molar-refractivity contribution in [2.75, 3.05) is 0 Å². The first-order valence-electron chi connectivity index (χ1n) is 9.40. The molecular weight excluding hydrogens is 384 g/mol. The van der Waals surface area contributed by atoms with Gasteiger partial charge in [-0.25, -0.2) is 0 Å². The molecular formula is C24H16O6. The quantitative estimate of drug-likeness (QED) is 0.384. The van der Waals surface area contributed by atoms with Crippen LogP contribution in [0.1, 0.15) is 23.5 Å². The van der Waals surface area contributed by atoms with Gasteiger partial charge < -0.3 is 19.4 Å². The Morgan fingerprint density at radius 3 is 2.47 bits per heavy atom. The summed E-state index contributed by atoms with van der Waals surface area (Å²) in [5.74, 6) is -0.767. The predicted octanol–water partition coefficient (Wildman–Crippen LogP) is 4.31. The first kappa shape index (κ1) is 18.0.